The largest absolute Gasteiger partial charge is 0.394 e. The van der Waals surface area contributed by atoms with Gasteiger partial charge in [-0.25, -0.2) is 0 Å². The molecule has 8 nitrogen and oxygen atoms in total. The summed E-state index contributed by atoms with van der Waals surface area (Å²) in [5.41, 5.74) is -2.09. The highest BCUT2D eigenvalue weighted by Crippen LogP contribution is 2.60. The van der Waals surface area contributed by atoms with Crippen molar-refractivity contribution in [2.45, 2.75) is 94.7 Å². The lowest BCUT2D eigenvalue weighted by Crippen LogP contribution is -2.59. The van der Waals surface area contributed by atoms with Crippen LogP contribution in [0.1, 0.15) is 40.5 Å². The zero-order valence-electron chi connectivity index (χ0n) is 16.3. The van der Waals surface area contributed by atoms with E-state index in [0.29, 0.717) is 6.42 Å². The second-order valence-electron chi connectivity index (χ2n) is 8.94. The van der Waals surface area contributed by atoms with Gasteiger partial charge >= 0.3 is 0 Å². The van der Waals surface area contributed by atoms with Crippen LogP contribution >= 0.6 is 0 Å². The van der Waals surface area contributed by atoms with E-state index >= 15 is 0 Å². The molecule has 27 heavy (non-hydrogen) atoms. The van der Waals surface area contributed by atoms with Crippen LogP contribution in [0.25, 0.3) is 0 Å². The predicted octanol–water partition coefficient (Wildman–Crippen LogP) is -0.544. The van der Waals surface area contributed by atoms with Crippen LogP contribution in [0, 0.1) is 5.41 Å². The lowest BCUT2D eigenvalue weighted by molar-refractivity contribution is -0.306. The van der Waals surface area contributed by atoms with Gasteiger partial charge in [-0.2, -0.15) is 0 Å². The fraction of sp³-hybridized carbons (Fsp3) is 0.895. The van der Waals surface area contributed by atoms with Gasteiger partial charge < -0.3 is 39.7 Å². The Morgan fingerprint density at radius 1 is 1.11 bits per heavy atom. The molecule has 0 aromatic carbocycles. The fourth-order valence-corrected chi connectivity index (χ4v) is 4.90. The van der Waals surface area contributed by atoms with E-state index in [1.807, 2.05) is 6.08 Å². The Morgan fingerprint density at radius 2 is 1.78 bits per heavy atom. The summed E-state index contributed by atoms with van der Waals surface area (Å²) in [6, 6.07) is 0. The molecule has 0 aromatic rings. The predicted molar refractivity (Wildman–Crippen MR) is 94.7 cm³/mol. The molecule has 0 amide bonds. The molecule has 2 bridgehead atoms. The molecular weight excluding hydrogens is 356 g/mol. The molecule has 3 saturated heterocycles. The SMILES string of the molecule is C[C@H](/C=C/C12OC(CC1(C)C)CC2(C)O)O[C@@H]1O[C@H](CO)[C@@H](O)[C@H](O)[C@H]1O. The van der Waals surface area contributed by atoms with Crippen molar-refractivity contribution in [3.63, 3.8) is 0 Å². The Morgan fingerprint density at radius 3 is 2.33 bits per heavy atom. The molecule has 0 radical (unpaired) electrons. The van der Waals surface area contributed by atoms with Crippen LogP contribution in [0.4, 0.5) is 0 Å². The topological polar surface area (TPSA) is 129 Å². The molecule has 9 atom stereocenters. The molecule has 0 aromatic heterocycles. The van der Waals surface area contributed by atoms with Crippen molar-refractivity contribution in [2.75, 3.05) is 6.61 Å². The molecule has 3 heterocycles. The summed E-state index contributed by atoms with van der Waals surface area (Å²) in [5, 5.41) is 50.0. The lowest BCUT2D eigenvalue weighted by Gasteiger charge is -2.46. The van der Waals surface area contributed by atoms with Crippen LogP contribution in [0.15, 0.2) is 12.2 Å². The first-order valence-electron chi connectivity index (χ1n) is 9.49. The Kier molecular flexibility index (Phi) is 5.51. The zero-order valence-corrected chi connectivity index (χ0v) is 16.3. The van der Waals surface area contributed by atoms with Gasteiger partial charge in [-0.15, -0.1) is 0 Å². The van der Waals surface area contributed by atoms with Crippen molar-refractivity contribution in [3.8, 4) is 0 Å². The summed E-state index contributed by atoms with van der Waals surface area (Å²) >= 11 is 0. The maximum Gasteiger partial charge on any atom is 0.187 e. The van der Waals surface area contributed by atoms with Gasteiger partial charge in [-0.3, -0.25) is 0 Å². The van der Waals surface area contributed by atoms with E-state index in [-0.39, 0.29) is 11.5 Å². The molecule has 156 valence electrons. The standard InChI is InChI=1S/C19H32O8/c1-10(25-16-15(23)14(22)13(21)12(9-20)26-16)5-6-19-17(2,3)7-11(27-19)8-18(19,4)24/h5-6,10-16,20-24H,7-9H2,1-4H3/b6-5+/t10-,11?,12-,13-,14+,15-,16-,18?,19?/m1/s1. The fourth-order valence-electron chi connectivity index (χ4n) is 4.90. The maximum atomic E-state index is 10.9. The molecule has 0 saturated carbocycles. The minimum Gasteiger partial charge on any atom is -0.394 e. The van der Waals surface area contributed by atoms with Gasteiger partial charge in [0.05, 0.1) is 24.4 Å². The van der Waals surface area contributed by atoms with Gasteiger partial charge in [0, 0.05) is 11.8 Å². The van der Waals surface area contributed by atoms with Crippen LogP contribution in [0.3, 0.4) is 0 Å². The third-order valence-corrected chi connectivity index (χ3v) is 6.32. The third-order valence-electron chi connectivity index (χ3n) is 6.32. The Balaban J connectivity index is 1.71. The molecule has 3 fully saturated rings. The first-order chi connectivity index (χ1) is 12.4. The van der Waals surface area contributed by atoms with Crippen molar-refractivity contribution in [1.29, 1.82) is 0 Å². The van der Waals surface area contributed by atoms with Crippen molar-refractivity contribution >= 4 is 0 Å². The average molecular weight is 388 g/mol. The van der Waals surface area contributed by atoms with Gasteiger partial charge in [0.15, 0.2) is 6.29 Å². The summed E-state index contributed by atoms with van der Waals surface area (Å²) in [6.07, 6.45) is -2.09. The quantitative estimate of drug-likeness (QED) is 0.397. The summed E-state index contributed by atoms with van der Waals surface area (Å²) in [6.45, 7) is 7.13. The average Bonchev–Trinajstić information content (AvgIpc) is 2.98. The van der Waals surface area contributed by atoms with Crippen LogP contribution in [-0.4, -0.2) is 86.3 Å². The first-order valence-corrected chi connectivity index (χ1v) is 9.49. The maximum absolute atomic E-state index is 10.9. The molecule has 3 aliphatic rings. The van der Waals surface area contributed by atoms with E-state index in [2.05, 4.69) is 13.8 Å². The highest BCUT2D eigenvalue weighted by Gasteiger charge is 2.67. The Labute approximate surface area is 159 Å². The second kappa shape index (κ2) is 7.03. The number of aliphatic hydroxyl groups excluding tert-OH is 4. The van der Waals surface area contributed by atoms with Crippen molar-refractivity contribution < 1.29 is 39.7 Å². The first kappa shape index (κ1) is 21.1. The summed E-state index contributed by atoms with van der Waals surface area (Å²) in [4.78, 5) is 0. The van der Waals surface area contributed by atoms with Crippen LogP contribution in [0.2, 0.25) is 0 Å². The minimum absolute atomic E-state index is 0.0151. The van der Waals surface area contributed by atoms with Gasteiger partial charge in [0.25, 0.3) is 0 Å². The lowest BCUT2D eigenvalue weighted by atomic mass is 9.61. The van der Waals surface area contributed by atoms with Crippen LogP contribution in [-0.2, 0) is 14.2 Å². The molecule has 3 unspecified atom stereocenters. The highest BCUT2D eigenvalue weighted by molar-refractivity contribution is 5.27. The zero-order chi connectivity index (χ0) is 20.2. The number of rotatable bonds is 5. The molecule has 3 rings (SSSR count). The molecule has 0 aliphatic carbocycles. The van der Waals surface area contributed by atoms with E-state index in [1.54, 1.807) is 19.9 Å². The molecule has 3 aliphatic heterocycles. The molecule has 0 spiro atoms. The second-order valence-corrected chi connectivity index (χ2v) is 8.94. The highest BCUT2D eigenvalue weighted by atomic mass is 16.7. The van der Waals surface area contributed by atoms with Crippen molar-refractivity contribution in [1.82, 2.24) is 0 Å². The number of aliphatic hydroxyl groups is 5. The van der Waals surface area contributed by atoms with Crippen LogP contribution in [0.5, 0.6) is 0 Å². The summed E-state index contributed by atoms with van der Waals surface area (Å²) in [5.74, 6) is 0. The number of hydrogen-bond acceptors (Lipinski definition) is 8. The Hall–Kier alpha value is -0.580. The number of ether oxygens (including phenoxy) is 3. The van der Waals surface area contributed by atoms with Gasteiger partial charge in [0.2, 0.25) is 0 Å². The number of fused-ring (bicyclic) bond motifs is 2. The molecule has 8 heteroatoms. The molecule has 5 N–H and O–H groups in total. The van der Waals surface area contributed by atoms with E-state index in [1.165, 1.54) is 0 Å². The van der Waals surface area contributed by atoms with Gasteiger partial charge in [-0.05, 0) is 20.3 Å². The smallest absolute Gasteiger partial charge is 0.187 e. The normalized spacial score (nSPS) is 50.4. The van der Waals surface area contributed by atoms with Crippen molar-refractivity contribution in [2.24, 2.45) is 5.41 Å². The Bertz CT molecular complexity index is 554. The van der Waals surface area contributed by atoms with Gasteiger partial charge in [0.1, 0.15) is 30.0 Å². The van der Waals surface area contributed by atoms with Crippen LogP contribution < -0.4 is 0 Å². The van der Waals surface area contributed by atoms with E-state index < -0.39 is 54.6 Å². The van der Waals surface area contributed by atoms with Gasteiger partial charge in [-0.1, -0.05) is 26.0 Å². The third kappa shape index (κ3) is 3.36. The van der Waals surface area contributed by atoms with E-state index in [9.17, 15) is 25.5 Å². The van der Waals surface area contributed by atoms with E-state index in [4.69, 9.17) is 14.2 Å². The van der Waals surface area contributed by atoms with Crippen molar-refractivity contribution in [3.05, 3.63) is 12.2 Å². The minimum atomic E-state index is -1.48. The summed E-state index contributed by atoms with van der Waals surface area (Å²) in [7, 11) is 0. The number of hydrogen-bond donors (Lipinski definition) is 5. The molecular formula is C19H32O8. The summed E-state index contributed by atoms with van der Waals surface area (Å²) < 4.78 is 17.2. The monoisotopic (exact) mass is 388 g/mol. The van der Waals surface area contributed by atoms with E-state index in [0.717, 1.165) is 6.42 Å².